The molecule has 0 spiro atoms. The average Bonchev–Trinajstić information content (AvgIpc) is 2.20. The van der Waals surface area contributed by atoms with Gasteiger partial charge in [0.2, 0.25) is 0 Å². The molecule has 0 saturated carbocycles. The molecule has 0 fully saturated rings. The molecule has 0 heterocycles. The molecule has 0 aliphatic rings. The van der Waals surface area contributed by atoms with Gasteiger partial charge >= 0.3 is 0 Å². The van der Waals surface area contributed by atoms with Crippen LogP contribution in [0.1, 0.15) is 12.5 Å². The number of halogens is 2. The highest BCUT2D eigenvalue weighted by atomic mass is 79.9. The highest BCUT2D eigenvalue weighted by molar-refractivity contribution is 9.10. The van der Waals surface area contributed by atoms with Crippen LogP contribution in [-0.4, -0.2) is 23.0 Å². The van der Waals surface area contributed by atoms with Gasteiger partial charge in [-0.3, -0.25) is 4.90 Å². The molecule has 1 aromatic rings. The summed E-state index contributed by atoms with van der Waals surface area (Å²) >= 11 is 14.5. The molecule has 0 saturated heterocycles. The second kappa shape index (κ2) is 5.96. The molecule has 0 aromatic heterocycles. The van der Waals surface area contributed by atoms with E-state index < -0.39 is 0 Å². The summed E-state index contributed by atoms with van der Waals surface area (Å²) in [5.41, 5.74) is 6.67. The van der Waals surface area contributed by atoms with E-state index in [0.717, 1.165) is 21.6 Å². The van der Waals surface area contributed by atoms with Crippen LogP contribution in [0.3, 0.4) is 0 Å². The van der Waals surface area contributed by atoms with Gasteiger partial charge in [0.1, 0.15) is 0 Å². The first-order valence-corrected chi connectivity index (χ1v) is 6.43. The van der Waals surface area contributed by atoms with Gasteiger partial charge in [-0.1, -0.05) is 45.8 Å². The van der Waals surface area contributed by atoms with Crippen LogP contribution in [0.2, 0.25) is 5.02 Å². The number of benzene rings is 1. The Balaban J connectivity index is 2.77. The van der Waals surface area contributed by atoms with Crippen LogP contribution in [0, 0.1) is 0 Å². The van der Waals surface area contributed by atoms with Crippen molar-refractivity contribution < 1.29 is 0 Å². The Morgan fingerprint density at radius 2 is 2.25 bits per heavy atom. The van der Waals surface area contributed by atoms with Gasteiger partial charge in [-0.05, 0) is 31.7 Å². The summed E-state index contributed by atoms with van der Waals surface area (Å²) in [4.78, 5) is 2.56. The zero-order chi connectivity index (χ0) is 12.3. The van der Waals surface area contributed by atoms with Crippen molar-refractivity contribution in [3.63, 3.8) is 0 Å². The van der Waals surface area contributed by atoms with Gasteiger partial charge in [-0.15, -0.1) is 0 Å². The van der Waals surface area contributed by atoms with Crippen molar-refractivity contribution >= 4 is 44.7 Å². The second-order valence-corrected chi connectivity index (χ2v) is 5.52. The van der Waals surface area contributed by atoms with E-state index in [0.29, 0.717) is 4.99 Å². The number of nitrogens with two attached hydrogens (primary N) is 1. The van der Waals surface area contributed by atoms with Crippen LogP contribution in [-0.2, 0) is 6.54 Å². The van der Waals surface area contributed by atoms with Gasteiger partial charge < -0.3 is 5.73 Å². The minimum Gasteiger partial charge on any atom is -0.392 e. The first-order chi connectivity index (χ1) is 7.41. The fraction of sp³-hybridized carbons (Fsp3) is 0.364. The molecule has 16 heavy (non-hydrogen) atoms. The smallest absolute Gasteiger partial charge is 0.0899 e. The molecule has 0 amide bonds. The summed E-state index contributed by atoms with van der Waals surface area (Å²) < 4.78 is 0.978. The third-order valence-electron chi connectivity index (χ3n) is 2.51. The normalized spacial score (nSPS) is 12.8. The Kier molecular flexibility index (Phi) is 5.18. The lowest BCUT2D eigenvalue weighted by Crippen LogP contribution is -2.38. The number of hydrogen-bond acceptors (Lipinski definition) is 2. The van der Waals surface area contributed by atoms with Crippen LogP contribution < -0.4 is 5.73 Å². The molecule has 88 valence electrons. The van der Waals surface area contributed by atoms with Gasteiger partial charge in [-0.25, -0.2) is 0 Å². The SMILES string of the molecule is CC(C(N)=S)N(C)Cc1ccc(Br)cc1Cl. The summed E-state index contributed by atoms with van der Waals surface area (Å²) in [5.74, 6) is 0. The molecule has 0 aliphatic heterocycles. The van der Waals surface area contributed by atoms with Crippen LogP contribution in [0.15, 0.2) is 22.7 Å². The molecule has 1 unspecified atom stereocenters. The Bertz CT molecular complexity index is 398. The van der Waals surface area contributed by atoms with Crippen LogP contribution in [0.5, 0.6) is 0 Å². The predicted molar refractivity (Wildman–Crippen MR) is 76.9 cm³/mol. The Morgan fingerprint density at radius 1 is 1.62 bits per heavy atom. The van der Waals surface area contributed by atoms with E-state index in [1.165, 1.54) is 0 Å². The third kappa shape index (κ3) is 3.70. The third-order valence-corrected chi connectivity index (χ3v) is 3.69. The van der Waals surface area contributed by atoms with E-state index in [4.69, 9.17) is 29.6 Å². The van der Waals surface area contributed by atoms with E-state index >= 15 is 0 Å². The van der Waals surface area contributed by atoms with E-state index in [2.05, 4.69) is 20.8 Å². The van der Waals surface area contributed by atoms with Crippen molar-refractivity contribution in [2.75, 3.05) is 7.05 Å². The van der Waals surface area contributed by atoms with Gasteiger partial charge in [0.05, 0.1) is 11.0 Å². The van der Waals surface area contributed by atoms with Crippen molar-refractivity contribution in [3.05, 3.63) is 33.3 Å². The highest BCUT2D eigenvalue weighted by Gasteiger charge is 2.13. The van der Waals surface area contributed by atoms with Crippen molar-refractivity contribution in [1.82, 2.24) is 4.90 Å². The fourth-order valence-corrected chi connectivity index (χ4v) is 2.19. The molecule has 2 N–H and O–H groups in total. The van der Waals surface area contributed by atoms with Crippen LogP contribution in [0.4, 0.5) is 0 Å². The number of thiocarbonyl (C=S) groups is 1. The molecule has 0 radical (unpaired) electrons. The van der Waals surface area contributed by atoms with E-state index in [9.17, 15) is 0 Å². The second-order valence-electron chi connectivity index (χ2n) is 3.73. The molecule has 0 aliphatic carbocycles. The summed E-state index contributed by atoms with van der Waals surface area (Å²) in [5, 5.41) is 0.747. The van der Waals surface area contributed by atoms with Crippen LogP contribution >= 0.6 is 39.7 Å². The molecule has 0 bridgehead atoms. The zero-order valence-corrected chi connectivity index (χ0v) is 12.4. The predicted octanol–water partition coefficient (Wildman–Crippen LogP) is 3.21. The molecule has 2 nitrogen and oxygen atoms in total. The van der Waals surface area contributed by atoms with Crippen molar-refractivity contribution in [2.24, 2.45) is 5.73 Å². The Morgan fingerprint density at radius 3 is 2.75 bits per heavy atom. The maximum Gasteiger partial charge on any atom is 0.0899 e. The first-order valence-electron chi connectivity index (χ1n) is 4.85. The summed E-state index contributed by atoms with van der Waals surface area (Å²) in [6.07, 6.45) is 0. The fourth-order valence-electron chi connectivity index (χ4n) is 1.27. The van der Waals surface area contributed by atoms with Crippen molar-refractivity contribution in [2.45, 2.75) is 19.5 Å². The van der Waals surface area contributed by atoms with E-state index in [-0.39, 0.29) is 6.04 Å². The summed E-state index contributed by atoms with van der Waals surface area (Å²) in [7, 11) is 1.97. The number of rotatable bonds is 4. The van der Waals surface area contributed by atoms with Gasteiger partial charge in [-0.2, -0.15) is 0 Å². The average molecular weight is 322 g/mol. The van der Waals surface area contributed by atoms with Gasteiger partial charge in [0.25, 0.3) is 0 Å². The monoisotopic (exact) mass is 320 g/mol. The van der Waals surface area contributed by atoms with Crippen molar-refractivity contribution in [3.8, 4) is 0 Å². The zero-order valence-electron chi connectivity index (χ0n) is 9.21. The quantitative estimate of drug-likeness (QED) is 0.864. The number of hydrogen-bond donors (Lipinski definition) is 1. The standard InChI is InChI=1S/C11H14BrClN2S/c1-7(11(14)16)15(2)6-8-3-4-9(12)5-10(8)13/h3-5,7H,6H2,1-2H3,(H2,14,16). The lowest BCUT2D eigenvalue weighted by Gasteiger charge is -2.24. The van der Waals surface area contributed by atoms with Gasteiger partial charge in [0.15, 0.2) is 0 Å². The molecular weight excluding hydrogens is 308 g/mol. The Hall–Kier alpha value is -0.160. The summed E-state index contributed by atoms with van der Waals surface area (Å²) in [6, 6.07) is 5.92. The molecule has 1 rings (SSSR count). The van der Waals surface area contributed by atoms with Crippen LogP contribution in [0.25, 0.3) is 0 Å². The number of likely N-dealkylation sites (N-methyl/N-ethyl adjacent to an activating group) is 1. The minimum atomic E-state index is 0.0645. The van der Waals surface area contributed by atoms with Crippen molar-refractivity contribution in [1.29, 1.82) is 0 Å². The molecule has 1 aromatic carbocycles. The topological polar surface area (TPSA) is 29.3 Å². The lowest BCUT2D eigenvalue weighted by molar-refractivity contribution is 0.304. The van der Waals surface area contributed by atoms with E-state index in [1.807, 2.05) is 32.2 Å². The minimum absolute atomic E-state index is 0.0645. The molecule has 5 heteroatoms. The van der Waals surface area contributed by atoms with Gasteiger partial charge in [0, 0.05) is 16.0 Å². The highest BCUT2D eigenvalue weighted by Crippen LogP contribution is 2.22. The maximum atomic E-state index is 6.14. The summed E-state index contributed by atoms with van der Waals surface area (Å²) in [6.45, 7) is 2.71. The molecule has 1 atom stereocenters. The number of nitrogens with zero attached hydrogens (tertiary/aromatic N) is 1. The molecular formula is C11H14BrClN2S. The lowest BCUT2D eigenvalue weighted by atomic mass is 10.2. The maximum absolute atomic E-state index is 6.14. The van der Waals surface area contributed by atoms with E-state index in [1.54, 1.807) is 0 Å². The first kappa shape index (κ1) is 13.9. The largest absolute Gasteiger partial charge is 0.392 e. The Labute approximate surface area is 115 Å².